The van der Waals surface area contributed by atoms with E-state index in [0.717, 1.165) is 42.7 Å². The third-order valence-corrected chi connectivity index (χ3v) is 11.1. The minimum atomic E-state index is -1.77. The first-order chi connectivity index (χ1) is 15.0. The van der Waals surface area contributed by atoms with Gasteiger partial charge in [0.1, 0.15) is 19.8 Å². The first-order valence-corrected chi connectivity index (χ1v) is 16.3. The monoisotopic (exact) mass is 462 g/mol. The molecule has 0 heterocycles. The third-order valence-electron chi connectivity index (χ3n) is 10.1. The van der Waals surface area contributed by atoms with E-state index in [1.54, 1.807) is 14.2 Å². The summed E-state index contributed by atoms with van der Waals surface area (Å²) in [7, 11) is 1.58. The maximum atomic E-state index is 7.12. The average Bonchev–Trinajstić information content (AvgIpc) is 3.00. The molecular formula is C26H46N2O3Si. The number of hydrogen-bond acceptors (Lipinski definition) is 5. The van der Waals surface area contributed by atoms with Crippen LogP contribution in [0.4, 0.5) is 0 Å². The summed E-state index contributed by atoms with van der Waals surface area (Å²) in [6.07, 6.45) is 11.1. The zero-order valence-corrected chi connectivity index (χ0v) is 22.8. The lowest BCUT2D eigenvalue weighted by atomic mass is 9.44. The summed E-state index contributed by atoms with van der Waals surface area (Å²) in [5.74, 6) is 3.10. The topological polar surface area (TPSA) is 52.4 Å². The Hall–Kier alpha value is -0.883. The van der Waals surface area contributed by atoms with Crippen LogP contribution in [0.15, 0.2) is 10.3 Å². The van der Waals surface area contributed by atoms with Crippen molar-refractivity contribution in [2.75, 3.05) is 14.2 Å². The highest BCUT2D eigenvalue weighted by Gasteiger charge is 2.67. The van der Waals surface area contributed by atoms with Crippen molar-refractivity contribution < 1.29 is 14.1 Å². The highest BCUT2D eigenvalue weighted by atomic mass is 28.4. The van der Waals surface area contributed by atoms with Gasteiger partial charge in [0, 0.05) is 5.41 Å². The van der Waals surface area contributed by atoms with Gasteiger partial charge in [-0.1, -0.05) is 24.2 Å². The molecular weight excluding hydrogens is 416 g/mol. The quantitative estimate of drug-likeness (QED) is 0.261. The summed E-state index contributed by atoms with van der Waals surface area (Å²) >= 11 is 0. The Kier molecular flexibility index (Phi) is 6.37. The molecule has 0 spiro atoms. The second-order valence-corrected chi connectivity index (χ2v) is 17.0. The van der Waals surface area contributed by atoms with E-state index in [1.165, 1.54) is 44.2 Å². The van der Waals surface area contributed by atoms with Gasteiger partial charge in [-0.3, -0.25) is 0 Å². The molecule has 0 aliphatic heterocycles. The van der Waals surface area contributed by atoms with E-state index >= 15 is 0 Å². The van der Waals surface area contributed by atoms with Crippen LogP contribution in [0, 0.1) is 34.5 Å². The SMILES string of the molecule is CO/N=C1\CCC2(C)C(CCC3C2CCC2(C)C3CCC2(O[Si](C)(C)C)/C(C)=N/OC)C1. The van der Waals surface area contributed by atoms with Crippen LogP contribution < -0.4 is 0 Å². The molecule has 4 saturated carbocycles. The van der Waals surface area contributed by atoms with Crippen LogP contribution >= 0.6 is 0 Å². The van der Waals surface area contributed by atoms with Crippen LogP contribution in [0.5, 0.6) is 0 Å². The van der Waals surface area contributed by atoms with Gasteiger partial charge in [0.25, 0.3) is 0 Å². The summed E-state index contributed by atoms with van der Waals surface area (Å²) in [5, 5.41) is 8.84. The molecule has 4 fully saturated rings. The fourth-order valence-corrected chi connectivity index (χ4v) is 10.4. The van der Waals surface area contributed by atoms with Gasteiger partial charge in [0.2, 0.25) is 0 Å². The minimum Gasteiger partial charge on any atom is -0.406 e. The minimum absolute atomic E-state index is 0.140. The average molecular weight is 463 g/mol. The number of rotatable bonds is 5. The molecule has 4 aliphatic rings. The fraction of sp³-hybridized carbons (Fsp3) is 0.923. The summed E-state index contributed by atoms with van der Waals surface area (Å²) in [5.41, 5.74) is 2.65. The second-order valence-electron chi connectivity index (χ2n) is 12.6. The van der Waals surface area contributed by atoms with Gasteiger partial charge in [-0.05, 0) is 113 Å². The van der Waals surface area contributed by atoms with E-state index in [-0.39, 0.29) is 11.0 Å². The van der Waals surface area contributed by atoms with Gasteiger partial charge in [0.15, 0.2) is 8.32 Å². The molecule has 0 aromatic carbocycles. The van der Waals surface area contributed by atoms with Crippen molar-refractivity contribution in [1.82, 2.24) is 0 Å². The van der Waals surface area contributed by atoms with E-state index < -0.39 is 8.32 Å². The largest absolute Gasteiger partial charge is 0.406 e. The van der Waals surface area contributed by atoms with Gasteiger partial charge >= 0.3 is 0 Å². The number of fused-ring (bicyclic) bond motifs is 5. The molecule has 7 unspecified atom stereocenters. The molecule has 0 saturated heterocycles. The Balaban J connectivity index is 1.65. The summed E-state index contributed by atoms with van der Waals surface area (Å²) in [6.45, 7) is 14.3. The predicted octanol–water partition coefficient (Wildman–Crippen LogP) is 6.64. The highest BCUT2D eigenvalue weighted by molar-refractivity contribution is 6.70. The lowest BCUT2D eigenvalue weighted by Crippen LogP contribution is -2.61. The lowest BCUT2D eigenvalue weighted by molar-refractivity contribution is -0.122. The van der Waals surface area contributed by atoms with Crippen LogP contribution in [0.25, 0.3) is 0 Å². The summed E-state index contributed by atoms with van der Waals surface area (Å²) in [6, 6.07) is 0. The first kappa shape index (κ1) is 24.2. The summed E-state index contributed by atoms with van der Waals surface area (Å²) < 4.78 is 7.12. The van der Waals surface area contributed by atoms with Crippen LogP contribution in [0.2, 0.25) is 19.6 Å². The lowest BCUT2D eigenvalue weighted by Gasteiger charge is -2.62. The van der Waals surface area contributed by atoms with Crippen LogP contribution in [-0.2, 0) is 14.1 Å². The zero-order chi connectivity index (χ0) is 23.4. The van der Waals surface area contributed by atoms with Crippen molar-refractivity contribution >= 4 is 19.7 Å². The molecule has 0 aromatic heterocycles. The van der Waals surface area contributed by atoms with Crippen molar-refractivity contribution in [3.05, 3.63) is 0 Å². The van der Waals surface area contributed by atoms with Gasteiger partial charge < -0.3 is 14.1 Å². The van der Waals surface area contributed by atoms with E-state index in [4.69, 9.17) is 14.1 Å². The van der Waals surface area contributed by atoms with Crippen molar-refractivity contribution in [3.63, 3.8) is 0 Å². The molecule has 0 N–H and O–H groups in total. The number of nitrogens with zero attached hydrogens (tertiary/aromatic N) is 2. The highest BCUT2D eigenvalue weighted by Crippen LogP contribution is 2.69. The van der Waals surface area contributed by atoms with Crippen molar-refractivity contribution in [2.45, 2.75) is 104 Å². The molecule has 6 heteroatoms. The third kappa shape index (κ3) is 3.68. The Morgan fingerprint density at radius 3 is 2.31 bits per heavy atom. The normalized spacial score (nSPS) is 45.8. The van der Waals surface area contributed by atoms with Crippen molar-refractivity contribution in [2.24, 2.45) is 44.8 Å². The Labute approximate surface area is 196 Å². The molecule has 0 radical (unpaired) electrons. The standard InChI is InChI=1S/C26H46N2O3Si/c1-18(27-29-4)26(31-32(6,7)8)16-13-23-21-10-9-19-17-20(28-30-5)11-14-24(19,2)22(21)12-15-25(23,26)3/h19,21-23H,9-17H2,1-8H3/b27-18+,28-20+. The van der Waals surface area contributed by atoms with Gasteiger partial charge in [-0.15, -0.1) is 0 Å². The molecule has 182 valence electrons. The van der Waals surface area contributed by atoms with Gasteiger partial charge in [-0.2, -0.15) is 0 Å². The fourth-order valence-electron chi connectivity index (χ4n) is 8.84. The van der Waals surface area contributed by atoms with Crippen LogP contribution in [-0.4, -0.2) is 39.6 Å². The Morgan fingerprint density at radius 1 is 0.938 bits per heavy atom. The smallest absolute Gasteiger partial charge is 0.185 e. The Bertz CT molecular complexity index is 778. The van der Waals surface area contributed by atoms with E-state index in [1.807, 2.05) is 0 Å². The van der Waals surface area contributed by atoms with E-state index in [9.17, 15) is 0 Å². The maximum absolute atomic E-state index is 7.12. The van der Waals surface area contributed by atoms with E-state index in [2.05, 4.69) is 50.7 Å². The van der Waals surface area contributed by atoms with Gasteiger partial charge in [0.05, 0.1) is 11.4 Å². The van der Waals surface area contributed by atoms with Crippen LogP contribution in [0.3, 0.4) is 0 Å². The summed E-state index contributed by atoms with van der Waals surface area (Å²) in [4.78, 5) is 10.4. The molecule has 0 bridgehead atoms. The second kappa shape index (κ2) is 8.40. The van der Waals surface area contributed by atoms with Crippen LogP contribution in [0.1, 0.15) is 78.6 Å². The van der Waals surface area contributed by atoms with E-state index in [0.29, 0.717) is 11.3 Å². The molecule has 4 rings (SSSR count). The molecule has 4 aliphatic carbocycles. The molecule has 32 heavy (non-hydrogen) atoms. The maximum Gasteiger partial charge on any atom is 0.185 e. The number of hydrogen-bond donors (Lipinski definition) is 0. The molecule has 0 amide bonds. The Morgan fingerprint density at radius 2 is 1.66 bits per heavy atom. The van der Waals surface area contributed by atoms with Crippen molar-refractivity contribution in [3.8, 4) is 0 Å². The van der Waals surface area contributed by atoms with Crippen molar-refractivity contribution in [1.29, 1.82) is 0 Å². The molecule has 5 nitrogen and oxygen atoms in total. The van der Waals surface area contributed by atoms with Gasteiger partial charge in [-0.25, -0.2) is 0 Å². The molecule has 7 atom stereocenters. The molecule has 0 aromatic rings. The zero-order valence-electron chi connectivity index (χ0n) is 21.8. The first-order valence-electron chi connectivity index (χ1n) is 12.9. The predicted molar refractivity (Wildman–Crippen MR) is 133 cm³/mol. The number of oxime groups is 2.